The summed E-state index contributed by atoms with van der Waals surface area (Å²) in [4.78, 5) is 5.37. The average molecular weight is 281 g/mol. The lowest BCUT2D eigenvalue weighted by Crippen LogP contribution is -2.67. The van der Waals surface area contributed by atoms with Crippen molar-refractivity contribution >= 4 is 0 Å². The Labute approximate surface area is 126 Å². The van der Waals surface area contributed by atoms with Crippen LogP contribution in [0.1, 0.15) is 53.4 Å². The zero-order valence-electron chi connectivity index (χ0n) is 14.3. The molecule has 0 amide bonds. The molecule has 0 aromatic heterocycles. The highest BCUT2D eigenvalue weighted by atomic mass is 15.3. The lowest BCUT2D eigenvalue weighted by atomic mass is 9.84. The van der Waals surface area contributed by atoms with Crippen molar-refractivity contribution in [2.45, 2.75) is 71.0 Å². The third-order valence-corrected chi connectivity index (χ3v) is 5.98. The van der Waals surface area contributed by atoms with Gasteiger partial charge in [0.2, 0.25) is 0 Å². The van der Waals surface area contributed by atoms with Crippen LogP contribution in [0.2, 0.25) is 0 Å². The molecule has 118 valence electrons. The van der Waals surface area contributed by atoms with Crippen molar-refractivity contribution in [1.29, 1.82) is 0 Å². The molecule has 1 N–H and O–H groups in total. The summed E-state index contributed by atoms with van der Waals surface area (Å²) < 4.78 is 0. The minimum absolute atomic E-state index is 0.356. The van der Waals surface area contributed by atoms with E-state index in [4.69, 9.17) is 0 Å². The number of hydrogen-bond acceptors (Lipinski definition) is 3. The van der Waals surface area contributed by atoms with Crippen LogP contribution in [0.25, 0.3) is 0 Å². The summed E-state index contributed by atoms with van der Waals surface area (Å²) in [6.45, 7) is 14.4. The Morgan fingerprint density at radius 1 is 1.20 bits per heavy atom. The van der Waals surface area contributed by atoms with E-state index in [0.717, 1.165) is 18.0 Å². The summed E-state index contributed by atoms with van der Waals surface area (Å²) in [6.07, 6.45) is 5.11. The minimum atomic E-state index is 0.356. The van der Waals surface area contributed by atoms with Gasteiger partial charge in [0.25, 0.3) is 0 Å². The Morgan fingerprint density at radius 2 is 1.90 bits per heavy atom. The molecule has 0 saturated carbocycles. The Morgan fingerprint density at radius 3 is 2.45 bits per heavy atom. The molecule has 2 fully saturated rings. The molecule has 2 aliphatic rings. The first-order valence-electron chi connectivity index (χ1n) is 8.74. The van der Waals surface area contributed by atoms with E-state index < -0.39 is 0 Å². The predicted molar refractivity (Wildman–Crippen MR) is 87.2 cm³/mol. The standard InChI is InChI=1S/C17H35N3/c1-6-15-11-18-17(7-2,8-3)13-20(15)16-9-10-19(5)12-14(16)4/h14-16,18H,6-13H2,1-5H3. The van der Waals surface area contributed by atoms with Gasteiger partial charge in [0.1, 0.15) is 0 Å². The van der Waals surface area contributed by atoms with Crippen molar-refractivity contribution in [3.63, 3.8) is 0 Å². The molecule has 2 aliphatic heterocycles. The second-order valence-electron chi connectivity index (χ2n) is 7.20. The van der Waals surface area contributed by atoms with Crippen LogP contribution in [-0.2, 0) is 0 Å². The molecule has 2 rings (SSSR count). The summed E-state index contributed by atoms with van der Waals surface area (Å²) >= 11 is 0. The summed E-state index contributed by atoms with van der Waals surface area (Å²) in [7, 11) is 2.27. The first-order chi connectivity index (χ1) is 9.55. The second-order valence-corrected chi connectivity index (χ2v) is 7.20. The second kappa shape index (κ2) is 6.76. The number of nitrogens with one attached hydrogen (secondary N) is 1. The SMILES string of the molecule is CCC1CNC(CC)(CC)CN1C1CCN(C)CC1C. The Balaban J connectivity index is 2.12. The first-order valence-corrected chi connectivity index (χ1v) is 8.74. The maximum absolute atomic E-state index is 3.87. The van der Waals surface area contributed by atoms with Gasteiger partial charge in [-0.3, -0.25) is 4.90 Å². The van der Waals surface area contributed by atoms with Crippen molar-refractivity contribution in [3.8, 4) is 0 Å². The van der Waals surface area contributed by atoms with Gasteiger partial charge in [0.15, 0.2) is 0 Å². The first kappa shape index (κ1) is 16.3. The largest absolute Gasteiger partial charge is 0.308 e. The lowest BCUT2D eigenvalue weighted by Gasteiger charge is -2.53. The average Bonchev–Trinajstić information content (AvgIpc) is 2.46. The van der Waals surface area contributed by atoms with Gasteiger partial charge in [-0.05, 0) is 45.2 Å². The van der Waals surface area contributed by atoms with Crippen LogP contribution in [0.4, 0.5) is 0 Å². The zero-order valence-corrected chi connectivity index (χ0v) is 14.3. The number of rotatable bonds is 4. The Hall–Kier alpha value is -0.120. The van der Waals surface area contributed by atoms with Gasteiger partial charge in [0.05, 0.1) is 0 Å². The van der Waals surface area contributed by atoms with Crippen molar-refractivity contribution in [2.75, 3.05) is 33.2 Å². The molecule has 0 aliphatic carbocycles. The highest BCUT2D eigenvalue weighted by Crippen LogP contribution is 2.30. The van der Waals surface area contributed by atoms with Crippen LogP contribution in [0.15, 0.2) is 0 Å². The third-order valence-electron chi connectivity index (χ3n) is 5.98. The molecule has 0 aromatic carbocycles. The van der Waals surface area contributed by atoms with E-state index in [0.29, 0.717) is 5.54 Å². The maximum Gasteiger partial charge on any atom is 0.0304 e. The fourth-order valence-electron chi connectivity index (χ4n) is 4.31. The Kier molecular flexibility index (Phi) is 5.49. The minimum Gasteiger partial charge on any atom is -0.308 e. The highest BCUT2D eigenvalue weighted by Gasteiger charge is 2.41. The van der Waals surface area contributed by atoms with E-state index in [1.807, 2.05) is 0 Å². The molecule has 3 heteroatoms. The lowest BCUT2D eigenvalue weighted by molar-refractivity contribution is -0.0100. The molecule has 20 heavy (non-hydrogen) atoms. The molecule has 3 nitrogen and oxygen atoms in total. The van der Waals surface area contributed by atoms with E-state index >= 15 is 0 Å². The molecule has 2 heterocycles. The molecule has 0 aromatic rings. The van der Waals surface area contributed by atoms with Crippen LogP contribution in [0.5, 0.6) is 0 Å². The molecular formula is C17H35N3. The van der Waals surface area contributed by atoms with Crippen molar-refractivity contribution in [1.82, 2.24) is 15.1 Å². The molecule has 0 spiro atoms. The van der Waals surface area contributed by atoms with Gasteiger partial charge in [-0.15, -0.1) is 0 Å². The van der Waals surface area contributed by atoms with Crippen molar-refractivity contribution in [3.05, 3.63) is 0 Å². The molecule has 3 atom stereocenters. The van der Waals surface area contributed by atoms with Crippen LogP contribution in [0, 0.1) is 5.92 Å². The smallest absolute Gasteiger partial charge is 0.0304 e. The number of hydrogen-bond donors (Lipinski definition) is 1. The normalized spacial score (nSPS) is 36.1. The molecule has 2 saturated heterocycles. The van der Waals surface area contributed by atoms with E-state index in [1.54, 1.807) is 0 Å². The van der Waals surface area contributed by atoms with E-state index in [9.17, 15) is 0 Å². The van der Waals surface area contributed by atoms with Gasteiger partial charge in [-0.25, -0.2) is 0 Å². The van der Waals surface area contributed by atoms with Crippen LogP contribution >= 0.6 is 0 Å². The summed E-state index contributed by atoms with van der Waals surface area (Å²) in [6, 6.07) is 1.52. The predicted octanol–water partition coefficient (Wildman–Crippen LogP) is 2.57. The fraction of sp³-hybridized carbons (Fsp3) is 1.00. The fourth-order valence-corrected chi connectivity index (χ4v) is 4.31. The highest BCUT2D eigenvalue weighted by molar-refractivity contribution is 5.00. The van der Waals surface area contributed by atoms with Gasteiger partial charge >= 0.3 is 0 Å². The van der Waals surface area contributed by atoms with Gasteiger partial charge in [-0.2, -0.15) is 0 Å². The molecule has 0 radical (unpaired) electrons. The monoisotopic (exact) mass is 281 g/mol. The molecule has 3 unspecified atom stereocenters. The van der Waals surface area contributed by atoms with Crippen LogP contribution in [0.3, 0.4) is 0 Å². The molecule has 0 bridgehead atoms. The van der Waals surface area contributed by atoms with E-state index in [1.165, 1.54) is 51.9 Å². The molecular weight excluding hydrogens is 246 g/mol. The Bertz CT molecular complexity index is 301. The maximum atomic E-state index is 3.87. The number of likely N-dealkylation sites (tertiary alicyclic amines) is 1. The van der Waals surface area contributed by atoms with Gasteiger partial charge < -0.3 is 10.2 Å². The number of nitrogens with zero attached hydrogens (tertiary/aromatic N) is 2. The van der Waals surface area contributed by atoms with Gasteiger partial charge in [-0.1, -0.05) is 27.7 Å². The topological polar surface area (TPSA) is 18.5 Å². The number of piperazine rings is 1. The number of piperidine rings is 1. The van der Waals surface area contributed by atoms with Crippen molar-refractivity contribution in [2.24, 2.45) is 5.92 Å². The summed E-state index contributed by atoms with van der Waals surface area (Å²) in [5.41, 5.74) is 0.356. The van der Waals surface area contributed by atoms with Crippen LogP contribution < -0.4 is 5.32 Å². The zero-order chi connectivity index (χ0) is 14.8. The quantitative estimate of drug-likeness (QED) is 0.854. The van der Waals surface area contributed by atoms with Crippen LogP contribution in [-0.4, -0.2) is 60.6 Å². The summed E-state index contributed by atoms with van der Waals surface area (Å²) in [5.74, 6) is 0.798. The third kappa shape index (κ3) is 3.20. The van der Waals surface area contributed by atoms with E-state index in [2.05, 4.69) is 49.9 Å². The van der Waals surface area contributed by atoms with Crippen molar-refractivity contribution < 1.29 is 0 Å². The van der Waals surface area contributed by atoms with E-state index in [-0.39, 0.29) is 0 Å². The summed E-state index contributed by atoms with van der Waals surface area (Å²) in [5, 5.41) is 3.87. The van der Waals surface area contributed by atoms with Gasteiger partial charge in [0, 0.05) is 37.3 Å².